The number of aromatic nitrogens is 3. The van der Waals surface area contributed by atoms with Crippen LogP contribution in [0.1, 0.15) is 20.8 Å². The van der Waals surface area contributed by atoms with Crippen molar-refractivity contribution < 1.29 is 9.53 Å². The molecule has 7 heteroatoms. The average molecular weight is 339 g/mol. The van der Waals surface area contributed by atoms with Crippen LogP contribution in [0.15, 0.2) is 54.6 Å². The molecule has 3 aromatic rings. The van der Waals surface area contributed by atoms with Gasteiger partial charge in [0, 0.05) is 0 Å². The van der Waals surface area contributed by atoms with Crippen LogP contribution in [0.3, 0.4) is 0 Å². The van der Waals surface area contributed by atoms with Gasteiger partial charge in [-0.25, -0.2) is 14.9 Å². The highest BCUT2D eigenvalue weighted by atomic mass is 16.6. The Morgan fingerprint density at radius 1 is 1.12 bits per heavy atom. The van der Waals surface area contributed by atoms with Crippen molar-refractivity contribution in [3.05, 3.63) is 54.6 Å². The van der Waals surface area contributed by atoms with E-state index in [4.69, 9.17) is 4.74 Å². The molecule has 1 N–H and O–H groups in total. The lowest BCUT2D eigenvalue weighted by atomic mass is 10.2. The lowest BCUT2D eigenvalue weighted by Crippen LogP contribution is -2.45. The molecule has 0 bridgehead atoms. The number of rotatable bonds is 4. The van der Waals surface area contributed by atoms with Crippen LogP contribution in [0.25, 0.3) is 11.0 Å². The summed E-state index contributed by atoms with van der Waals surface area (Å²) in [6.45, 7) is 5.77. The number of hydrazine groups is 1. The molecule has 130 valence electrons. The first-order valence-electron chi connectivity index (χ1n) is 8.03. The molecule has 3 rings (SSSR count). The standard InChI is InChI=1S/C18H21N5O2/c1-18(2,3)25-17(24)20-22(14-9-5-4-6-10-14)13-23-16-12-8-7-11-15(16)19-21-23/h4-12H,13H2,1-3H3,(H,20,24). The fraction of sp³-hybridized carbons (Fsp3) is 0.278. The number of anilines is 1. The number of carbonyl (C=O) groups excluding carboxylic acids is 1. The second-order valence-electron chi connectivity index (χ2n) is 6.60. The Kier molecular flexibility index (Phi) is 4.56. The Hall–Kier alpha value is -3.09. The van der Waals surface area contributed by atoms with Crippen molar-refractivity contribution in [2.45, 2.75) is 33.0 Å². The molecule has 1 heterocycles. The minimum Gasteiger partial charge on any atom is -0.443 e. The van der Waals surface area contributed by atoms with Gasteiger partial charge in [-0.15, -0.1) is 5.10 Å². The third-order valence-electron chi connectivity index (χ3n) is 3.39. The third kappa shape index (κ3) is 4.26. The van der Waals surface area contributed by atoms with E-state index in [1.807, 2.05) is 75.4 Å². The maximum absolute atomic E-state index is 12.2. The van der Waals surface area contributed by atoms with Gasteiger partial charge in [0.1, 0.15) is 17.8 Å². The summed E-state index contributed by atoms with van der Waals surface area (Å²) in [7, 11) is 0. The van der Waals surface area contributed by atoms with E-state index in [1.54, 1.807) is 9.69 Å². The lowest BCUT2D eigenvalue weighted by Gasteiger charge is -2.27. The van der Waals surface area contributed by atoms with Crippen LogP contribution in [0.2, 0.25) is 0 Å². The molecule has 0 atom stereocenters. The summed E-state index contributed by atoms with van der Waals surface area (Å²) in [6.07, 6.45) is -0.527. The van der Waals surface area contributed by atoms with Gasteiger partial charge in [-0.05, 0) is 45.0 Å². The summed E-state index contributed by atoms with van der Waals surface area (Å²) in [6, 6.07) is 17.2. The summed E-state index contributed by atoms with van der Waals surface area (Å²) < 4.78 is 7.08. The average Bonchev–Trinajstić information content (AvgIpc) is 2.97. The first-order valence-corrected chi connectivity index (χ1v) is 8.03. The fourth-order valence-electron chi connectivity index (χ4n) is 2.36. The molecule has 0 aliphatic carbocycles. The van der Waals surface area contributed by atoms with Gasteiger partial charge in [-0.3, -0.25) is 5.01 Å². The van der Waals surface area contributed by atoms with E-state index in [2.05, 4.69) is 15.7 Å². The molecule has 0 aliphatic rings. The minimum absolute atomic E-state index is 0.295. The van der Waals surface area contributed by atoms with Crippen LogP contribution in [0.4, 0.5) is 10.5 Å². The Labute approximate surface area is 146 Å². The summed E-state index contributed by atoms with van der Waals surface area (Å²) in [5, 5.41) is 10.00. The molecule has 0 saturated heterocycles. The van der Waals surface area contributed by atoms with E-state index >= 15 is 0 Å². The molecular formula is C18H21N5O2. The number of amides is 1. The molecule has 2 aromatic carbocycles. The first kappa shape index (κ1) is 16.8. The largest absolute Gasteiger partial charge is 0.443 e. The number of benzene rings is 2. The summed E-state index contributed by atoms with van der Waals surface area (Å²) in [4.78, 5) is 12.2. The van der Waals surface area contributed by atoms with E-state index in [-0.39, 0.29) is 0 Å². The Bertz CT molecular complexity index is 855. The van der Waals surface area contributed by atoms with E-state index < -0.39 is 11.7 Å². The van der Waals surface area contributed by atoms with Gasteiger partial charge < -0.3 is 4.74 Å². The summed E-state index contributed by atoms with van der Waals surface area (Å²) in [5.41, 5.74) is 4.69. The van der Waals surface area contributed by atoms with Crippen LogP contribution < -0.4 is 10.4 Å². The van der Waals surface area contributed by atoms with Crippen LogP contribution in [-0.4, -0.2) is 26.7 Å². The molecule has 25 heavy (non-hydrogen) atoms. The van der Waals surface area contributed by atoms with Crippen molar-refractivity contribution >= 4 is 22.8 Å². The Morgan fingerprint density at radius 3 is 2.52 bits per heavy atom. The first-order chi connectivity index (χ1) is 11.9. The number of nitrogens with zero attached hydrogens (tertiary/aromatic N) is 4. The third-order valence-corrected chi connectivity index (χ3v) is 3.39. The molecule has 0 radical (unpaired) electrons. The predicted octanol–water partition coefficient (Wildman–Crippen LogP) is 3.34. The number of nitrogens with one attached hydrogen (secondary N) is 1. The molecule has 1 amide bonds. The number of para-hydroxylation sites is 2. The molecular weight excluding hydrogens is 318 g/mol. The van der Waals surface area contributed by atoms with Crippen molar-refractivity contribution in [2.24, 2.45) is 0 Å². The number of carbonyl (C=O) groups is 1. The minimum atomic E-state index is -0.577. The fourth-order valence-corrected chi connectivity index (χ4v) is 2.36. The van der Waals surface area contributed by atoms with Gasteiger partial charge in [-0.2, -0.15) is 0 Å². The van der Waals surface area contributed by atoms with Gasteiger partial charge in [0.2, 0.25) is 0 Å². The quantitative estimate of drug-likeness (QED) is 0.738. The van der Waals surface area contributed by atoms with Crippen LogP contribution in [-0.2, 0) is 11.4 Å². The highest BCUT2D eigenvalue weighted by Gasteiger charge is 2.19. The number of hydrogen-bond donors (Lipinski definition) is 1. The monoisotopic (exact) mass is 339 g/mol. The second-order valence-corrected chi connectivity index (χ2v) is 6.60. The SMILES string of the molecule is CC(C)(C)OC(=O)NN(Cn1nnc2ccccc21)c1ccccc1. The molecule has 1 aromatic heterocycles. The molecule has 0 fully saturated rings. The van der Waals surface area contributed by atoms with Crippen molar-refractivity contribution in [1.82, 2.24) is 20.4 Å². The Morgan fingerprint density at radius 2 is 1.80 bits per heavy atom. The van der Waals surface area contributed by atoms with Gasteiger partial charge >= 0.3 is 6.09 Å². The van der Waals surface area contributed by atoms with E-state index in [0.717, 1.165) is 16.7 Å². The number of ether oxygens (including phenoxy) is 1. The number of hydrogen-bond acceptors (Lipinski definition) is 5. The normalized spacial score (nSPS) is 11.3. The highest BCUT2D eigenvalue weighted by Crippen LogP contribution is 2.16. The van der Waals surface area contributed by atoms with Crippen molar-refractivity contribution in [1.29, 1.82) is 0 Å². The molecule has 7 nitrogen and oxygen atoms in total. The van der Waals surface area contributed by atoms with E-state index in [0.29, 0.717) is 6.67 Å². The van der Waals surface area contributed by atoms with Crippen LogP contribution in [0, 0.1) is 0 Å². The van der Waals surface area contributed by atoms with Gasteiger partial charge in [-0.1, -0.05) is 35.5 Å². The van der Waals surface area contributed by atoms with Gasteiger partial charge in [0.05, 0.1) is 11.2 Å². The molecule has 0 spiro atoms. The van der Waals surface area contributed by atoms with Gasteiger partial charge in [0.25, 0.3) is 0 Å². The topological polar surface area (TPSA) is 72.3 Å². The zero-order valence-corrected chi connectivity index (χ0v) is 14.5. The van der Waals surface area contributed by atoms with E-state index in [1.165, 1.54) is 0 Å². The maximum Gasteiger partial charge on any atom is 0.426 e. The van der Waals surface area contributed by atoms with Crippen molar-refractivity contribution in [3.63, 3.8) is 0 Å². The number of fused-ring (bicyclic) bond motifs is 1. The Balaban J connectivity index is 1.85. The summed E-state index contributed by atoms with van der Waals surface area (Å²) in [5.74, 6) is 0. The zero-order chi connectivity index (χ0) is 17.9. The van der Waals surface area contributed by atoms with Crippen molar-refractivity contribution in [3.8, 4) is 0 Å². The van der Waals surface area contributed by atoms with Crippen molar-refractivity contribution in [2.75, 3.05) is 5.01 Å². The van der Waals surface area contributed by atoms with Gasteiger partial charge in [0.15, 0.2) is 0 Å². The molecule has 0 unspecified atom stereocenters. The second kappa shape index (κ2) is 6.80. The lowest BCUT2D eigenvalue weighted by molar-refractivity contribution is 0.0516. The highest BCUT2D eigenvalue weighted by molar-refractivity contribution is 5.74. The predicted molar refractivity (Wildman–Crippen MR) is 95.8 cm³/mol. The molecule has 0 aliphatic heterocycles. The zero-order valence-electron chi connectivity index (χ0n) is 14.5. The van der Waals surface area contributed by atoms with Crippen LogP contribution in [0.5, 0.6) is 0 Å². The molecule has 0 saturated carbocycles. The summed E-state index contributed by atoms with van der Waals surface area (Å²) >= 11 is 0. The smallest absolute Gasteiger partial charge is 0.426 e. The van der Waals surface area contributed by atoms with Crippen LogP contribution >= 0.6 is 0 Å². The van der Waals surface area contributed by atoms with E-state index in [9.17, 15) is 4.79 Å². The maximum atomic E-state index is 12.2.